The van der Waals surface area contributed by atoms with Gasteiger partial charge in [-0.05, 0) is 30.7 Å². The lowest BCUT2D eigenvalue weighted by molar-refractivity contribution is 0.475. The van der Waals surface area contributed by atoms with Crippen LogP contribution in [0.4, 0.5) is 0 Å². The summed E-state index contributed by atoms with van der Waals surface area (Å²) in [4.78, 5) is 8.60. The van der Waals surface area contributed by atoms with Crippen molar-refractivity contribution in [2.24, 2.45) is 0 Å². The molecule has 0 unspecified atom stereocenters. The molecule has 0 saturated carbocycles. The molecule has 1 N–H and O–H groups in total. The van der Waals surface area contributed by atoms with Gasteiger partial charge < -0.3 is 5.11 Å². The van der Waals surface area contributed by atoms with Crippen LogP contribution in [0.15, 0.2) is 24.3 Å². The van der Waals surface area contributed by atoms with Gasteiger partial charge in [0.1, 0.15) is 10.9 Å². The SMILES string of the molecule is CCCc1cc(Cl)nc(-c2ccc(O)c(Cl)c2)n1. The van der Waals surface area contributed by atoms with Crippen LogP contribution in [0.25, 0.3) is 11.4 Å². The molecule has 0 aliphatic heterocycles. The molecule has 1 heterocycles. The summed E-state index contributed by atoms with van der Waals surface area (Å²) < 4.78 is 0. The van der Waals surface area contributed by atoms with Crippen LogP contribution in [0.3, 0.4) is 0 Å². The highest BCUT2D eigenvalue weighted by atomic mass is 35.5. The van der Waals surface area contributed by atoms with Crippen molar-refractivity contribution in [3.05, 3.63) is 40.1 Å². The Morgan fingerprint density at radius 2 is 1.94 bits per heavy atom. The minimum absolute atomic E-state index is 0.0382. The summed E-state index contributed by atoms with van der Waals surface area (Å²) in [7, 11) is 0. The summed E-state index contributed by atoms with van der Waals surface area (Å²) in [6.07, 6.45) is 1.84. The molecule has 0 bridgehead atoms. The van der Waals surface area contributed by atoms with Gasteiger partial charge in [-0.15, -0.1) is 0 Å². The average Bonchev–Trinajstić information content (AvgIpc) is 2.32. The van der Waals surface area contributed by atoms with Crippen molar-refractivity contribution in [1.29, 1.82) is 0 Å². The molecule has 1 aromatic carbocycles. The maximum Gasteiger partial charge on any atom is 0.161 e. The second-order valence-corrected chi connectivity index (χ2v) is 4.72. The normalized spacial score (nSPS) is 10.6. The van der Waals surface area contributed by atoms with Crippen LogP contribution in [0, 0.1) is 0 Å². The van der Waals surface area contributed by atoms with Gasteiger partial charge in [0.15, 0.2) is 5.82 Å². The standard InChI is InChI=1S/C13H12Cl2N2O/c1-2-3-9-7-12(15)17-13(16-9)8-4-5-11(18)10(14)6-8/h4-7,18H,2-3H2,1H3. The highest BCUT2D eigenvalue weighted by Crippen LogP contribution is 2.28. The van der Waals surface area contributed by atoms with E-state index in [0.29, 0.717) is 11.0 Å². The van der Waals surface area contributed by atoms with Crippen LogP contribution in [0.5, 0.6) is 5.75 Å². The molecule has 0 amide bonds. The molecule has 0 atom stereocenters. The van der Waals surface area contributed by atoms with E-state index in [1.54, 1.807) is 18.2 Å². The van der Waals surface area contributed by atoms with E-state index in [0.717, 1.165) is 24.1 Å². The quantitative estimate of drug-likeness (QED) is 0.862. The summed E-state index contributed by atoms with van der Waals surface area (Å²) in [6, 6.07) is 6.61. The van der Waals surface area contributed by atoms with Crippen molar-refractivity contribution in [2.75, 3.05) is 0 Å². The number of phenols is 1. The molecule has 0 aliphatic carbocycles. The maximum atomic E-state index is 9.39. The number of benzene rings is 1. The van der Waals surface area contributed by atoms with Crippen LogP contribution in [0.1, 0.15) is 19.0 Å². The van der Waals surface area contributed by atoms with Crippen LogP contribution in [0.2, 0.25) is 10.2 Å². The molecule has 5 heteroatoms. The Morgan fingerprint density at radius 3 is 2.61 bits per heavy atom. The number of halogens is 2. The molecular weight excluding hydrogens is 271 g/mol. The largest absolute Gasteiger partial charge is 0.506 e. The van der Waals surface area contributed by atoms with Crippen LogP contribution < -0.4 is 0 Å². The molecule has 18 heavy (non-hydrogen) atoms. The number of phenolic OH excluding ortho intramolecular Hbond substituents is 1. The number of aromatic nitrogens is 2. The van der Waals surface area contributed by atoms with E-state index in [-0.39, 0.29) is 10.8 Å². The van der Waals surface area contributed by atoms with E-state index >= 15 is 0 Å². The van der Waals surface area contributed by atoms with Gasteiger partial charge in [0.2, 0.25) is 0 Å². The predicted molar refractivity (Wildman–Crippen MR) is 73.1 cm³/mol. The van der Waals surface area contributed by atoms with E-state index in [9.17, 15) is 5.11 Å². The van der Waals surface area contributed by atoms with Gasteiger partial charge in [-0.25, -0.2) is 9.97 Å². The fraction of sp³-hybridized carbons (Fsp3) is 0.231. The number of hydrogen-bond donors (Lipinski definition) is 1. The van der Waals surface area contributed by atoms with Crippen LogP contribution in [-0.4, -0.2) is 15.1 Å². The lowest BCUT2D eigenvalue weighted by atomic mass is 10.2. The Kier molecular flexibility index (Phi) is 4.04. The fourth-order valence-electron chi connectivity index (χ4n) is 1.62. The second-order valence-electron chi connectivity index (χ2n) is 3.92. The molecule has 0 aliphatic rings. The first-order valence-electron chi connectivity index (χ1n) is 5.62. The summed E-state index contributed by atoms with van der Waals surface area (Å²) >= 11 is 11.8. The number of nitrogens with zero attached hydrogens (tertiary/aromatic N) is 2. The third-order valence-electron chi connectivity index (χ3n) is 2.46. The van der Waals surface area contributed by atoms with E-state index in [1.807, 2.05) is 0 Å². The summed E-state index contributed by atoms with van der Waals surface area (Å²) in [5.74, 6) is 0.559. The number of rotatable bonds is 3. The Balaban J connectivity index is 2.46. The zero-order chi connectivity index (χ0) is 13.1. The van der Waals surface area contributed by atoms with Crippen molar-refractivity contribution in [3.63, 3.8) is 0 Å². The maximum absolute atomic E-state index is 9.39. The molecule has 0 radical (unpaired) electrons. The zero-order valence-corrected chi connectivity index (χ0v) is 11.3. The van der Waals surface area contributed by atoms with Gasteiger partial charge in [0.25, 0.3) is 0 Å². The van der Waals surface area contributed by atoms with Crippen molar-refractivity contribution < 1.29 is 5.11 Å². The van der Waals surface area contributed by atoms with E-state index in [4.69, 9.17) is 23.2 Å². The van der Waals surface area contributed by atoms with E-state index < -0.39 is 0 Å². The number of hydrogen-bond acceptors (Lipinski definition) is 3. The average molecular weight is 283 g/mol. The van der Waals surface area contributed by atoms with Gasteiger partial charge in [-0.1, -0.05) is 36.5 Å². The molecule has 0 spiro atoms. The van der Waals surface area contributed by atoms with Gasteiger partial charge >= 0.3 is 0 Å². The Hall–Kier alpha value is -1.32. The first kappa shape index (κ1) is 13.1. The van der Waals surface area contributed by atoms with Crippen LogP contribution >= 0.6 is 23.2 Å². The molecule has 0 saturated heterocycles. The molecule has 94 valence electrons. The lowest BCUT2D eigenvalue weighted by Crippen LogP contribution is -1.96. The van der Waals surface area contributed by atoms with Crippen molar-refractivity contribution >= 4 is 23.2 Å². The first-order chi connectivity index (χ1) is 8.60. The number of aryl methyl sites for hydroxylation is 1. The molecule has 2 aromatic rings. The second kappa shape index (κ2) is 5.55. The van der Waals surface area contributed by atoms with Crippen molar-refractivity contribution in [1.82, 2.24) is 9.97 Å². The smallest absolute Gasteiger partial charge is 0.161 e. The molecule has 0 fully saturated rings. The topological polar surface area (TPSA) is 46.0 Å². The van der Waals surface area contributed by atoms with Crippen LogP contribution in [-0.2, 0) is 6.42 Å². The highest BCUT2D eigenvalue weighted by Gasteiger charge is 2.08. The van der Waals surface area contributed by atoms with E-state index in [1.165, 1.54) is 6.07 Å². The molecule has 2 rings (SSSR count). The van der Waals surface area contributed by atoms with Gasteiger partial charge in [-0.3, -0.25) is 0 Å². The van der Waals surface area contributed by atoms with Crippen molar-refractivity contribution in [2.45, 2.75) is 19.8 Å². The monoisotopic (exact) mass is 282 g/mol. The molecule has 3 nitrogen and oxygen atoms in total. The van der Waals surface area contributed by atoms with Crippen molar-refractivity contribution in [3.8, 4) is 17.1 Å². The first-order valence-corrected chi connectivity index (χ1v) is 6.38. The van der Waals surface area contributed by atoms with E-state index in [2.05, 4.69) is 16.9 Å². The zero-order valence-electron chi connectivity index (χ0n) is 9.82. The predicted octanol–water partition coefficient (Wildman–Crippen LogP) is 4.11. The minimum atomic E-state index is 0.0382. The fourth-order valence-corrected chi connectivity index (χ4v) is 2.01. The van der Waals surface area contributed by atoms with Gasteiger partial charge in [0, 0.05) is 11.3 Å². The third-order valence-corrected chi connectivity index (χ3v) is 2.96. The summed E-state index contributed by atoms with van der Waals surface area (Å²) in [5, 5.41) is 10.1. The lowest BCUT2D eigenvalue weighted by Gasteiger charge is -2.05. The van der Waals surface area contributed by atoms with Gasteiger partial charge in [0.05, 0.1) is 5.02 Å². The Morgan fingerprint density at radius 1 is 1.17 bits per heavy atom. The summed E-state index contributed by atoms with van der Waals surface area (Å²) in [6.45, 7) is 2.08. The Bertz CT molecular complexity index is 573. The molecule has 1 aromatic heterocycles. The minimum Gasteiger partial charge on any atom is -0.506 e. The summed E-state index contributed by atoms with van der Waals surface area (Å²) in [5.41, 5.74) is 1.63. The Labute approximate surface area is 115 Å². The highest BCUT2D eigenvalue weighted by molar-refractivity contribution is 6.32. The molecular formula is C13H12Cl2N2O. The van der Waals surface area contributed by atoms with Gasteiger partial charge in [-0.2, -0.15) is 0 Å². The number of aromatic hydroxyl groups is 1. The third kappa shape index (κ3) is 2.92.